The SMILES string of the molecule is CCc1nc(N)cc(-c2ccc3c(c2)OCCCO3)n1. The monoisotopic (exact) mass is 271 g/mol. The van der Waals surface area contributed by atoms with Crippen LogP contribution >= 0.6 is 0 Å². The van der Waals surface area contributed by atoms with E-state index < -0.39 is 0 Å². The third-order valence-electron chi connectivity index (χ3n) is 3.15. The zero-order valence-electron chi connectivity index (χ0n) is 11.4. The highest BCUT2D eigenvalue weighted by Crippen LogP contribution is 2.33. The molecule has 0 saturated heterocycles. The van der Waals surface area contributed by atoms with Gasteiger partial charge in [0.05, 0.1) is 18.9 Å². The molecule has 0 fully saturated rings. The number of benzene rings is 1. The number of hydrogen-bond donors (Lipinski definition) is 1. The minimum atomic E-state index is 0.485. The van der Waals surface area contributed by atoms with E-state index in [4.69, 9.17) is 15.2 Å². The van der Waals surface area contributed by atoms with Gasteiger partial charge in [0.25, 0.3) is 0 Å². The van der Waals surface area contributed by atoms with E-state index in [1.807, 2.05) is 25.1 Å². The van der Waals surface area contributed by atoms with Crippen LogP contribution in [-0.4, -0.2) is 23.2 Å². The van der Waals surface area contributed by atoms with Crippen LogP contribution in [0, 0.1) is 0 Å². The quantitative estimate of drug-likeness (QED) is 0.908. The Kier molecular flexibility index (Phi) is 3.41. The van der Waals surface area contributed by atoms with Gasteiger partial charge in [-0.1, -0.05) is 6.92 Å². The van der Waals surface area contributed by atoms with Gasteiger partial charge < -0.3 is 15.2 Å². The number of aromatic nitrogens is 2. The van der Waals surface area contributed by atoms with Crippen LogP contribution in [0.5, 0.6) is 11.5 Å². The minimum absolute atomic E-state index is 0.485. The standard InChI is InChI=1S/C15H17N3O2/c1-2-15-17-11(9-14(16)18-15)10-4-5-12-13(8-10)20-7-3-6-19-12/h4-5,8-9H,2-3,6-7H2,1H3,(H2,16,17,18). The summed E-state index contributed by atoms with van der Waals surface area (Å²) in [7, 11) is 0. The fourth-order valence-corrected chi connectivity index (χ4v) is 2.15. The second kappa shape index (κ2) is 5.36. The lowest BCUT2D eigenvalue weighted by atomic mass is 10.1. The van der Waals surface area contributed by atoms with Gasteiger partial charge in [0.15, 0.2) is 11.5 Å². The van der Waals surface area contributed by atoms with E-state index in [-0.39, 0.29) is 0 Å². The van der Waals surface area contributed by atoms with Gasteiger partial charge in [-0.05, 0) is 18.2 Å². The van der Waals surface area contributed by atoms with Crippen LogP contribution in [0.1, 0.15) is 19.2 Å². The molecule has 1 aromatic heterocycles. The molecule has 1 aromatic carbocycles. The predicted octanol–water partition coefficient (Wildman–Crippen LogP) is 2.45. The Balaban J connectivity index is 2.02. The first-order valence-corrected chi connectivity index (χ1v) is 6.79. The minimum Gasteiger partial charge on any atom is -0.490 e. The zero-order chi connectivity index (χ0) is 13.9. The van der Waals surface area contributed by atoms with Crippen LogP contribution in [0.4, 0.5) is 5.82 Å². The molecule has 0 atom stereocenters. The third-order valence-corrected chi connectivity index (χ3v) is 3.15. The van der Waals surface area contributed by atoms with Crippen molar-refractivity contribution in [1.82, 2.24) is 9.97 Å². The van der Waals surface area contributed by atoms with Gasteiger partial charge in [0.1, 0.15) is 11.6 Å². The summed E-state index contributed by atoms with van der Waals surface area (Å²) in [5, 5.41) is 0. The summed E-state index contributed by atoms with van der Waals surface area (Å²) < 4.78 is 11.3. The first-order chi connectivity index (χ1) is 9.76. The second-order valence-corrected chi connectivity index (χ2v) is 4.66. The van der Waals surface area contributed by atoms with E-state index in [9.17, 15) is 0 Å². The summed E-state index contributed by atoms with van der Waals surface area (Å²) in [6.45, 7) is 3.36. The van der Waals surface area contributed by atoms with Gasteiger partial charge in [-0.2, -0.15) is 0 Å². The van der Waals surface area contributed by atoms with Crippen molar-refractivity contribution in [2.75, 3.05) is 18.9 Å². The lowest BCUT2D eigenvalue weighted by molar-refractivity contribution is 0.297. The Labute approximate surface area is 117 Å². The van der Waals surface area contributed by atoms with E-state index in [1.54, 1.807) is 6.07 Å². The summed E-state index contributed by atoms with van der Waals surface area (Å²) >= 11 is 0. The molecule has 20 heavy (non-hydrogen) atoms. The first-order valence-electron chi connectivity index (χ1n) is 6.79. The molecule has 0 saturated carbocycles. The van der Waals surface area contributed by atoms with Gasteiger partial charge in [-0.3, -0.25) is 0 Å². The van der Waals surface area contributed by atoms with Gasteiger partial charge in [0.2, 0.25) is 0 Å². The summed E-state index contributed by atoms with van der Waals surface area (Å²) in [5.74, 6) is 2.77. The van der Waals surface area contributed by atoms with Crippen molar-refractivity contribution in [3.05, 3.63) is 30.1 Å². The van der Waals surface area contributed by atoms with Crippen LogP contribution in [-0.2, 0) is 6.42 Å². The maximum absolute atomic E-state index is 5.83. The molecule has 2 aromatic rings. The Bertz CT molecular complexity index is 629. The number of rotatable bonds is 2. The molecular formula is C15H17N3O2. The van der Waals surface area contributed by atoms with Crippen molar-refractivity contribution in [3.8, 4) is 22.8 Å². The topological polar surface area (TPSA) is 70.3 Å². The van der Waals surface area contributed by atoms with Crippen molar-refractivity contribution in [2.24, 2.45) is 0 Å². The molecule has 5 heteroatoms. The van der Waals surface area contributed by atoms with E-state index in [1.165, 1.54) is 0 Å². The molecule has 3 rings (SSSR count). The maximum atomic E-state index is 5.83. The number of ether oxygens (including phenoxy) is 2. The largest absolute Gasteiger partial charge is 0.490 e. The third kappa shape index (κ3) is 2.52. The van der Waals surface area contributed by atoms with Crippen LogP contribution in [0.3, 0.4) is 0 Å². The number of anilines is 1. The number of fused-ring (bicyclic) bond motifs is 1. The lowest BCUT2D eigenvalue weighted by Gasteiger charge is -2.10. The summed E-state index contributed by atoms with van der Waals surface area (Å²) in [6.07, 6.45) is 1.65. The van der Waals surface area contributed by atoms with Crippen molar-refractivity contribution in [3.63, 3.8) is 0 Å². The molecule has 1 aliphatic heterocycles. The van der Waals surface area contributed by atoms with Crippen LogP contribution in [0.25, 0.3) is 11.3 Å². The second-order valence-electron chi connectivity index (χ2n) is 4.66. The molecule has 0 bridgehead atoms. The predicted molar refractivity (Wildman–Crippen MR) is 76.9 cm³/mol. The summed E-state index contributed by atoms with van der Waals surface area (Å²) in [6, 6.07) is 7.61. The molecule has 0 amide bonds. The molecule has 5 nitrogen and oxygen atoms in total. The average molecular weight is 271 g/mol. The molecule has 1 aliphatic rings. The van der Waals surface area contributed by atoms with Gasteiger partial charge >= 0.3 is 0 Å². The summed E-state index contributed by atoms with van der Waals surface area (Å²) in [5.41, 5.74) is 7.59. The van der Waals surface area contributed by atoms with E-state index in [0.717, 1.165) is 41.4 Å². The number of aryl methyl sites for hydroxylation is 1. The number of nitrogens with two attached hydrogens (primary N) is 1. The summed E-state index contributed by atoms with van der Waals surface area (Å²) in [4.78, 5) is 8.70. The maximum Gasteiger partial charge on any atom is 0.161 e. The number of nitrogen functional groups attached to an aromatic ring is 1. The molecule has 0 aliphatic carbocycles. The Morgan fingerprint density at radius 1 is 1.10 bits per heavy atom. The Morgan fingerprint density at radius 3 is 2.70 bits per heavy atom. The molecule has 104 valence electrons. The number of nitrogens with zero attached hydrogens (tertiary/aromatic N) is 2. The first kappa shape index (κ1) is 12.7. The molecule has 2 N–H and O–H groups in total. The fraction of sp³-hybridized carbons (Fsp3) is 0.333. The molecule has 2 heterocycles. The van der Waals surface area contributed by atoms with Gasteiger partial charge in [0, 0.05) is 24.5 Å². The lowest BCUT2D eigenvalue weighted by Crippen LogP contribution is -2.00. The van der Waals surface area contributed by atoms with Crippen LogP contribution in [0.2, 0.25) is 0 Å². The molecule has 0 unspecified atom stereocenters. The van der Waals surface area contributed by atoms with E-state index >= 15 is 0 Å². The van der Waals surface area contributed by atoms with Crippen molar-refractivity contribution in [2.45, 2.75) is 19.8 Å². The fourth-order valence-electron chi connectivity index (χ4n) is 2.15. The van der Waals surface area contributed by atoms with E-state index in [2.05, 4.69) is 9.97 Å². The van der Waals surface area contributed by atoms with Crippen molar-refractivity contribution >= 4 is 5.82 Å². The van der Waals surface area contributed by atoms with Crippen LogP contribution in [0.15, 0.2) is 24.3 Å². The van der Waals surface area contributed by atoms with E-state index in [0.29, 0.717) is 19.0 Å². The average Bonchev–Trinajstić information content (AvgIpc) is 2.70. The Morgan fingerprint density at radius 2 is 1.90 bits per heavy atom. The number of hydrogen-bond acceptors (Lipinski definition) is 5. The molecule has 0 radical (unpaired) electrons. The molecule has 0 spiro atoms. The highest BCUT2D eigenvalue weighted by atomic mass is 16.5. The van der Waals surface area contributed by atoms with Crippen molar-refractivity contribution < 1.29 is 9.47 Å². The highest BCUT2D eigenvalue weighted by Gasteiger charge is 2.12. The normalized spacial score (nSPS) is 13.8. The van der Waals surface area contributed by atoms with Crippen molar-refractivity contribution in [1.29, 1.82) is 0 Å². The highest BCUT2D eigenvalue weighted by molar-refractivity contribution is 5.66. The smallest absolute Gasteiger partial charge is 0.161 e. The van der Waals surface area contributed by atoms with Gasteiger partial charge in [-0.15, -0.1) is 0 Å². The molecular weight excluding hydrogens is 254 g/mol. The van der Waals surface area contributed by atoms with Gasteiger partial charge in [-0.25, -0.2) is 9.97 Å². The van der Waals surface area contributed by atoms with Crippen LogP contribution < -0.4 is 15.2 Å². The zero-order valence-corrected chi connectivity index (χ0v) is 11.4. The Hall–Kier alpha value is -2.30.